The number of hydrogen-bond donors (Lipinski definition) is 2. The van der Waals surface area contributed by atoms with Crippen molar-refractivity contribution in [3.8, 4) is 5.75 Å². The lowest BCUT2D eigenvalue weighted by Crippen LogP contribution is -2.39. The minimum atomic E-state index is -3.66. The van der Waals surface area contributed by atoms with Gasteiger partial charge in [-0.25, -0.2) is 12.8 Å². The van der Waals surface area contributed by atoms with Crippen LogP contribution in [-0.4, -0.2) is 39.4 Å². The third-order valence-corrected chi connectivity index (χ3v) is 6.73. The molecule has 172 valence electrons. The molecule has 1 amide bonds. The molecule has 2 aromatic carbocycles. The zero-order valence-electron chi connectivity index (χ0n) is 18.2. The van der Waals surface area contributed by atoms with Crippen LogP contribution in [0.15, 0.2) is 58.4 Å². The van der Waals surface area contributed by atoms with Crippen molar-refractivity contribution in [3.63, 3.8) is 0 Å². The predicted molar refractivity (Wildman–Crippen MR) is 121 cm³/mol. The Morgan fingerprint density at radius 2 is 1.88 bits per heavy atom. The number of carbonyl (C=O) groups excluding carboxylic acids is 1. The van der Waals surface area contributed by atoms with Crippen molar-refractivity contribution in [2.75, 3.05) is 13.2 Å². The number of sulfonamides is 1. The van der Waals surface area contributed by atoms with E-state index >= 15 is 0 Å². The van der Waals surface area contributed by atoms with Gasteiger partial charge in [0.1, 0.15) is 23.4 Å². The topological polar surface area (TPSA) is 96.9 Å². The Bertz CT molecular complexity index is 1070. The highest BCUT2D eigenvalue weighted by Gasteiger charge is 2.32. The highest BCUT2D eigenvalue weighted by Crippen LogP contribution is 2.24. The van der Waals surface area contributed by atoms with Gasteiger partial charge < -0.3 is 10.1 Å². The number of rotatable bonds is 10. The maximum absolute atomic E-state index is 12.9. The first-order valence-electron chi connectivity index (χ1n) is 10.7. The van der Waals surface area contributed by atoms with E-state index in [1.807, 2.05) is 13.8 Å². The summed E-state index contributed by atoms with van der Waals surface area (Å²) >= 11 is 0. The van der Waals surface area contributed by atoms with Gasteiger partial charge >= 0.3 is 0 Å². The van der Waals surface area contributed by atoms with Gasteiger partial charge in [-0.1, -0.05) is 32.4 Å². The average molecular weight is 462 g/mol. The first kappa shape index (κ1) is 23.7. The number of amides is 1. The fourth-order valence-corrected chi connectivity index (χ4v) is 4.54. The number of nitrogens with zero attached hydrogens (tertiary/aromatic N) is 1. The van der Waals surface area contributed by atoms with Gasteiger partial charge in [0.05, 0.1) is 11.5 Å². The highest BCUT2D eigenvalue weighted by molar-refractivity contribution is 7.90. The molecule has 32 heavy (non-hydrogen) atoms. The van der Waals surface area contributed by atoms with Gasteiger partial charge in [0.2, 0.25) is 5.91 Å². The molecule has 0 radical (unpaired) electrons. The van der Waals surface area contributed by atoms with Crippen molar-refractivity contribution in [1.82, 2.24) is 10.0 Å². The molecule has 0 saturated heterocycles. The Morgan fingerprint density at radius 3 is 2.59 bits per heavy atom. The molecule has 0 saturated carbocycles. The minimum absolute atomic E-state index is 0.0680. The predicted octanol–water partition coefficient (Wildman–Crippen LogP) is 3.25. The summed E-state index contributed by atoms with van der Waals surface area (Å²) in [6.45, 7) is 4.79. The van der Waals surface area contributed by atoms with Gasteiger partial charge in [-0.15, -0.1) is 0 Å². The smallest absolute Gasteiger partial charge is 0.263 e. The molecule has 7 nitrogen and oxygen atoms in total. The highest BCUT2D eigenvalue weighted by atomic mass is 32.2. The zero-order valence-corrected chi connectivity index (χ0v) is 19.0. The molecule has 2 aromatic rings. The summed E-state index contributed by atoms with van der Waals surface area (Å²) in [4.78, 5) is 17.5. The molecule has 2 atom stereocenters. The van der Waals surface area contributed by atoms with Crippen LogP contribution in [0.4, 0.5) is 4.39 Å². The molecule has 0 spiro atoms. The Kier molecular flexibility index (Phi) is 7.84. The van der Waals surface area contributed by atoms with Crippen molar-refractivity contribution in [2.45, 2.75) is 44.0 Å². The Balaban J connectivity index is 1.55. The SMILES string of the molecule is CC[C@H](C)[C@H](N=C1NS(=O)(=O)c2ccccc21)C(=O)NCCCCOc1ccc(F)cc1. The lowest BCUT2D eigenvalue weighted by atomic mass is 9.98. The second-order valence-corrected chi connectivity index (χ2v) is 9.36. The maximum Gasteiger partial charge on any atom is 0.263 e. The number of nitrogens with one attached hydrogen (secondary N) is 2. The van der Waals surface area contributed by atoms with Crippen LogP contribution in [-0.2, 0) is 14.8 Å². The van der Waals surface area contributed by atoms with E-state index in [9.17, 15) is 17.6 Å². The summed E-state index contributed by atoms with van der Waals surface area (Å²) in [6, 6.07) is 11.7. The number of unbranched alkanes of at least 4 members (excludes halogenated alkanes) is 1. The minimum Gasteiger partial charge on any atom is -0.494 e. The first-order chi connectivity index (χ1) is 15.3. The number of aliphatic imine (C=N–C) groups is 1. The number of amidine groups is 1. The number of hydrogen-bond acceptors (Lipinski definition) is 5. The van der Waals surface area contributed by atoms with Crippen LogP contribution < -0.4 is 14.8 Å². The Morgan fingerprint density at radius 1 is 1.16 bits per heavy atom. The van der Waals surface area contributed by atoms with E-state index in [2.05, 4.69) is 15.0 Å². The molecular weight excluding hydrogens is 433 g/mol. The van der Waals surface area contributed by atoms with Gasteiger partial charge in [0.25, 0.3) is 10.0 Å². The number of benzene rings is 2. The molecule has 0 bridgehead atoms. The molecule has 1 aliphatic rings. The number of carbonyl (C=O) groups is 1. The van der Waals surface area contributed by atoms with E-state index in [1.54, 1.807) is 30.3 Å². The van der Waals surface area contributed by atoms with Gasteiger partial charge in [-0.05, 0) is 55.2 Å². The van der Waals surface area contributed by atoms with Gasteiger partial charge in [0, 0.05) is 12.1 Å². The third kappa shape index (κ3) is 5.85. The van der Waals surface area contributed by atoms with Crippen molar-refractivity contribution in [3.05, 3.63) is 59.9 Å². The zero-order chi connectivity index (χ0) is 23.1. The quantitative estimate of drug-likeness (QED) is 0.531. The van der Waals surface area contributed by atoms with Gasteiger partial charge in [-0.3, -0.25) is 14.5 Å². The second kappa shape index (κ2) is 10.6. The van der Waals surface area contributed by atoms with E-state index < -0.39 is 16.1 Å². The lowest BCUT2D eigenvalue weighted by molar-refractivity contribution is -0.123. The number of ether oxygens (including phenoxy) is 1. The molecule has 0 fully saturated rings. The average Bonchev–Trinajstić information content (AvgIpc) is 3.05. The molecule has 0 unspecified atom stereocenters. The van der Waals surface area contributed by atoms with E-state index in [4.69, 9.17) is 4.74 Å². The summed E-state index contributed by atoms with van der Waals surface area (Å²) in [5, 5.41) is 2.89. The maximum atomic E-state index is 12.9. The van der Waals surface area contributed by atoms with Crippen LogP contribution in [0.5, 0.6) is 5.75 Å². The van der Waals surface area contributed by atoms with Crippen molar-refractivity contribution in [1.29, 1.82) is 0 Å². The van der Waals surface area contributed by atoms with Crippen LogP contribution >= 0.6 is 0 Å². The van der Waals surface area contributed by atoms with E-state index in [-0.39, 0.29) is 28.4 Å². The van der Waals surface area contributed by atoms with Gasteiger partial charge in [-0.2, -0.15) is 0 Å². The van der Waals surface area contributed by atoms with Crippen LogP contribution in [0.3, 0.4) is 0 Å². The third-order valence-electron chi connectivity index (χ3n) is 5.34. The van der Waals surface area contributed by atoms with Gasteiger partial charge in [0.15, 0.2) is 0 Å². The van der Waals surface area contributed by atoms with Crippen LogP contribution in [0, 0.1) is 11.7 Å². The van der Waals surface area contributed by atoms with E-state index in [0.717, 1.165) is 6.42 Å². The lowest BCUT2D eigenvalue weighted by Gasteiger charge is -2.19. The van der Waals surface area contributed by atoms with Crippen LogP contribution in [0.25, 0.3) is 0 Å². The number of halogens is 1. The summed E-state index contributed by atoms with van der Waals surface area (Å²) < 4.78 is 45.6. The number of fused-ring (bicyclic) bond motifs is 1. The molecule has 9 heteroatoms. The fourth-order valence-electron chi connectivity index (χ4n) is 3.30. The van der Waals surface area contributed by atoms with Crippen LogP contribution in [0.1, 0.15) is 38.7 Å². The summed E-state index contributed by atoms with van der Waals surface area (Å²) in [5.41, 5.74) is 0.478. The Labute approximate surface area is 188 Å². The second-order valence-electron chi connectivity index (χ2n) is 7.71. The molecule has 2 N–H and O–H groups in total. The van der Waals surface area contributed by atoms with Crippen molar-refractivity contribution in [2.24, 2.45) is 10.9 Å². The normalized spacial score (nSPS) is 17.3. The van der Waals surface area contributed by atoms with Crippen LogP contribution in [0.2, 0.25) is 0 Å². The summed E-state index contributed by atoms with van der Waals surface area (Å²) in [7, 11) is -3.66. The molecule has 0 aromatic heterocycles. The standard InChI is InChI=1S/C23H28FN3O4S/c1-3-16(2)21(26-22-19-8-4-5-9-20(19)32(29,30)27-22)23(28)25-14-6-7-15-31-18-12-10-17(24)11-13-18/h4-5,8-13,16,21H,3,6-7,14-15H2,1-2H3,(H,25,28)(H,26,27)/t16-,21-/m0/s1. The first-order valence-corrected chi connectivity index (χ1v) is 12.2. The molecule has 3 rings (SSSR count). The largest absolute Gasteiger partial charge is 0.494 e. The fraction of sp³-hybridized carbons (Fsp3) is 0.391. The Hall–Kier alpha value is -2.94. The van der Waals surface area contributed by atoms with Crippen molar-refractivity contribution < 1.29 is 22.3 Å². The molecule has 1 aliphatic heterocycles. The van der Waals surface area contributed by atoms with E-state index in [1.165, 1.54) is 18.2 Å². The molecular formula is C23H28FN3O4S. The van der Waals surface area contributed by atoms with Crippen molar-refractivity contribution >= 4 is 21.8 Å². The molecule has 0 aliphatic carbocycles. The molecule has 1 heterocycles. The summed E-state index contributed by atoms with van der Waals surface area (Å²) in [5.74, 6) is 0.181. The summed E-state index contributed by atoms with van der Waals surface area (Å²) in [6.07, 6.45) is 2.13. The monoisotopic (exact) mass is 461 g/mol. The van der Waals surface area contributed by atoms with E-state index in [0.29, 0.717) is 37.3 Å².